The Kier molecular flexibility index (Phi) is 8.74. The van der Waals surface area contributed by atoms with Crippen LogP contribution in [-0.4, -0.2) is 9.97 Å². The van der Waals surface area contributed by atoms with Crippen LogP contribution in [0.2, 0.25) is 0 Å². The molecule has 0 amide bonds. The van der Waals surface area contributed by atoms with Gasteiger partial charge in [0, 0.05) is 34.8 Å². The van der Waals surface area contributed by atoms with E-state index in [1.165, 1.54) is 28.7 Å². The molecule has 0 atom stereocenters. The fourth-order valence-corrected chi connectivity index (χ4v) is 3.02. The molecule has 0 saturated heterocycles. The molecule has 2 heterocycles. The van der Waals surface area contributed by atoms with Gasteiger partial charge in [-0.25, -0.2) is 18.7 Å². The Hall–Kier alpha value is -0.392. The standard InChI is InChI=1S/C12H6F2N2S2.2ClH.Pt/c13-7-5-8(11-15-1-3-17-11)10(9(14)6-7)12-16-2-4-18-12;;;/h1-6H;2*1H;/q;;;+2/p-2. The molecule has 21 heavy (non-hydrogen) atoms. The number of rotatable bonds is 2. The summed E-state index contributed by atoms with van der Waals surface area (Å²) < 4.78 is 27.3. The summed E-state index contributed by atoms with van der Waals surface area (Å²) in [6.45, 7) is 0. The summed E-state index contributed by atoms with van der Waals surface area (Å²) in [7, 11) is 0. The molecule has 3 rings (SSSR count). The van der Waals surface area contributed by atoms with E-state index in [0.717, 1.165) is 6.07 Å². The van der Waals surface area contributed by atoms with Gasteiger partial charge in [-0.05, 0) is 6.07 Å². The van der Waals surface area contributed by atoms with Crippen molar-refractivity contribution in [3.8, 4) is 21.1 Å². The zero-order chi connectivity index (χ0) is 12.5. The summed E-state index contributed by atoms with van der Waals surface area (Å²) >= 11 is 2.65. The van der Waals surface area contributed by atoms with Crippen LogP contribution >= 0.6 is 22.7 Å². The van der Waals surface area contributed by atoms with Crippen LogP contribution in [0.3, 0.4) is 0 Å². The van der Waals surface area contributed by atoms with E-state index in [2.05, 4.69) is 9.97 Å². The van der Waals surface area contributed by atoms with Gasteiger partial charge in [-0.15, -0.1) is 22.7 Å². The third kappa shape index (κ3) is 4.30. The van der Waals surface area contributed by atoms with Gasteiger partial charge in [-0.2, -0.15) is 0 Å². The Morgan fingerprint density at radius 1 is 0.857 bits per heavy atom. The van der Waals surface area contributed by atoms with E-state index in [1.54, 1.807) is 23.2 Å². The van der Waals surface area contributed by atoms with Gasteiger partial charge in [-0.3, -0.25) is 0 Å². The molecule has 2 aromatic heterocycles. The van der Waals surface area contributed by atoms with Gasteiger partial charge in [0.1, 0.15) is 21.6 Å². The zero-order valence-corrected chi connectivity index (χ0v) is 15.4. The zero-order valence-electron chi connectivity index (χ0n) is 10.0. The van der Waals surface area contributed by atoms with Crippen molar-refractivity contribution >= 4 is 22.7 Å². The molecule has 9 heteroatoms. The van der Waals surface area contributed by atoms with Crippen LogP contribution in [0.15, 0.2) is 35.3 Å². The molecule has 0 fully saturated rings. The predicted octanol–water partition coefficient (Wildman–Crippen LogP) is -1.78. The average Bonchev–Trinajstić information content (AvgIpc) is 3.01. The molecule has 0 bridgehead atoms. The van der Waals surface area contributed by atoms with Crippen molar-refractivity contribution in [3.63, 3.8) is 0 Å². The summed E-state index contributed by atoms with van der Waals surface area (Å²) in [6, 6.07) is 2.16. The van der Waals surface area contributed by atoms with Crippen molar-refractivity contribution in [2.45, 2.75) is 0 Å². The second-order valence-corrected chi connectivity index (χ2v) is 5.27. The van der Waals surface area contributed by atoms with Crippen molar-refractivity contribution in [2.75, 3.05) is 0 Å². The SMILES string of the molecule is Fc1cc(F)c(-c2nccs2)c(-c2nccs2)c1.[Cl-].[Cl-].[Pt+2]. The van der Waals surface area contributed by atoms with Gasteiger partial charge in [0.25, 0.3) is 0 Å². The quantitative estimate of drug-likeness (QED) is 0.380. The predicted molar refractivity (Wildman–Crippen MR) is 68.6 cm³/mol. The van der Waals surface area contributed by atoms with Crippen molar-refractivity contribution in [2.24, 2.45) is 0 Å². The van der Waals surface area contributed by atoms with Gasteiger partial charge in [0.15, 0.2) is 0 Å². The maximum Gasteiger partial charge on any atom is 2.00 e. The van der Waals surface area contributed by atoms with Crippen LogP contribution in [0.4, 0.5) is 8.78 Å². The Bertz CT molecular complexity index is 679. The molecule has 0 unspecified atom stereocenters. The third-order valence-corrected chi connectivity index (χ3v) is 3.96. The van der Waals surface area contributed by atoms with E-state index in [-0.39, 0.29) is 45.9 Å². The minimum atomic E-state index is -0.616. The number of benzene rings is 1. The maximum atomic E-state index is 14.0. The summed E-state index contributed by atoms with van der Waals surface area (Å²) in [4.78, 5) is 8.18. The van der Waals surface area contributed by atoms with Gasteiger partial charge in [0.2, 0.25) is 0 Å². The minimum Gasteiger partial charge on any atom is -1.00 e. The molecular formula is C12H6Cl2F2N2PtS2. The van der Waals surface area contributed by atoms with Crippen LogP contribution in [0.5, 0.6) is 0 Å². The topological polar surface area (TPSA) is 25.8 Å². The number of hydrogen-bond donors (Lipinski definition) is 0. The molecule has 0 aliphatic carbocycles. The Morgan fingerprint density at radius 2 is 1.43 bits per heavy atom. The smallest absolute Gasteiger partial charge is 1.00 e. The molecule has 0 radical (unpaired) electrons. The first-order valence-corrected chi connectivity index (χ1v) is 6.80. The van der Waals surface area contributed by atoms with Crippen molar-refractivity contribution in [1.29, 1.82) is 0 Å². The molecule has 114 valence electrons. The molecule has 3 aromatic rings. The van der Waals surface area contributed by atoms with E-state index >= 15 is 0 Å². The second kappa shape index (κ2) is 8.91. The first-order chi connectivity index (χ1) is 8.75. The second-order valence-electron chi connectivity index (χ2n) is 3.48. The van der Waals surface area contributed by atoms with Gasteiger partial charge >= 0.3 is 21.1 Å². The fraction of sp³-hybridized carbons (Fsp3) is 0. The first-order valence-electron chi connectivity index (χ1n) is 5.04. The van der Waals surface area contributed by atoms with Gasteiger partial charge < -0.3 is 24.8 Å². The van der Waals surface area contributed by atoms with Crippen molar-refractivity contribution in [1.82, 2.24) is 9.97 Å². The van der Waals surface area contributed by atoms with Crippen LogP contribution in [0.1, 0.15) is 0 Å². The van der Waals surface area contributed by atoms with E-state index in [0.29, 0.717) is 21.1 Å². The summed E-state index contributed by atoms with van der Waals surface area (Å²) in [6.07, 6.45) is 3.20. The van der Waals surface area contributed by atoms with Gasteiger partial charge in [0.05, 0.1) is 5.56 Å². The molecule has 0 saturated carbocycles. The molecular weight excluding hydrogens is 540 g/mol. The van der Waals surface area contributed by atoms with E-state index in [9.17, 15) is 8.78 Å². The molecule has 0 aliphatic rings. The molecule has 0 aliphatic heterocycles. The first kappa shape index (κ1) is 20.6. The number of halogens is 4. The van der Waals surface area contributed by atoms with Crippen molar-refractivity contribution < 1.29 is 54.7 Å². The van der Waals surface area contributed by atoms with E-state index in [1.807, 2.05) is 0 Å². The number of aromatic nitrogens is 2. The molecule has 0 N–H and O–H groups in total. The van der Waals surface area contributed by atoms with Gasteiger partial charge in [-0.1, -0.05) is 0 Å². The maximum absolute atomic E-state index is 14.0. The minimum absolute atomic E-state index is 0. The summed E-state index contributed by atoms with van der Waals surface area (Å²) in [5, 5.41) is 4.63. The van der Waals surface area contributed by atoms with Crippen LogP contribution in [0.25, 0.3) is 21.1 Å². The third-order valence-electron chi connectivity index (χ3n) is 2.36. The molecule has 2 nitrogen and oxygen atoms in total. The largest absolute Gasteiger partial charge is 2.00 e. The summed E-state index contributed by atoms with van der Waals surface area (Å²) in [5.74, 6) is -1.23. The Morgan fingerprint density at radius 3 is 1.95 bits per heavy atom. The summed E-state index contributed by atoms with van der Waals surface area (Å²) in [5.41, 5.74) is 0.749. The van der Waals surface area contributed by atoms with Crippen LogP contribution in [-0.2, 0) is 21.1 Å². The average molecular weight is 546 g/mol. The number of hydrogen-bond acceptors (Lipinski definition) is 4. The monoisotopic (exact) mass is 545 g/mol. The number of thiazole rings is 2. The number of nitrogens with zero attached hydrogens (tertiary/aromatic N) is 2. The van der Waals surface area contributed by atoms with Crippen molar-refractivity contribution in [3.05, 3.63) is 46.9 Å². The Labute approximate surface area is 154 Å². The normalized spacial score (nSPS) is 9.24. The van der Waals surface area contributed by atoms with E-state index in [4.69, 9.17) is 0 Å². The van der Waals surface area contributed by atoms with Crippen LogP contribution < -0.4 is 24.8 Å². The molecule has 0 spiro atoms. The Balaban J connectivity index is 0.00000133. The molecule has 1 aromatic carbocycles. The van der Waals surface area contributed by atoms with E-state index < -0.39 is 11.6 Å². The van der Waals surface area contributed by atoms with Crippen LogP contribution in [0, 0.1) is 11.6 Å². The fourth-order valence-electron chi connectivity index (χ4n) is 1.66.